The Bertz CT molecular complexity index is 391. The van der Waals surface area contributed by atoms with Gasteiger partial charge >= 0.3 is 0 Å². The minimum Gasteiger partial charge on any atom is -0.385 e. The predicted octanol–water partition coefficient (Wildman–Crippen LogP) is 3.38. The molecule has 1 aliphatic rings. The third kappa shape index (κ3) is 4.20. The lowest BCUT2D eigenvalue weighted by atomic mass is 9.88. The lowest BCUT2D eigenvalue weighted by Crippen LogP contribution is -2.38. The maximum atomic E-state index is 4.50. The first-order valence-corrected chi connectivity index (χ1v) is 7.60. The van der Waals surface area contributed by atoms with E-state index >= 15 is 0 Å². The van der Waals surface area contributed by atoms with Gasteiger partial charge in [0.05, 0.1) is 5.69 Å². The second kappa shape index (κ2) is 6.90. The van der Waals surface area contributed by atoms with Crippen LogP contribution in [-0.2, 0) is 6.54 Å². The van der Waals surface area contributed by atoms with Crippen LogP contribution >= 0.6 is 0 Å². The molecule has 106 valence electrons. The zero-order valence-electron chi connectivity index (χ0n) is 12.5. The Balaban J connectivity index is 1.91. The lowest BCUT2D eigenvalue weighted by Gasteiger charge is -2.35. The number of likely N-dealkylation sites (tertiary alicyclic amines) is 1. The fourth-order valence-corrected chi connectivity index (χ4v) is 2.67. The van der Waals surface area contributed by atoms with Crippen molar-refractivity contribution in [3.8, 4) is 0 Å². The zero-order valence-corrected chi connectivity index (χ0v) is 12.5. The molecule has 1 N–H and O–H groups in total. The number of hydrogen-bond acceptors (Lipinski definition) is 3. The summed E-state index contributed by atoms with van der Waals surface area (Å²) in [4.78, 5) is 7.04. The summed E-state index contributed by atoms with van der Waals surface area (Å²) < 4.78 is 0. The van der Waals surface area contributed by atoms with Crippen molar-refractivity contribution >= 4 is 5.69 Å². The highest BCUT2D eigenvalue weighted by molar-refractivity contribution is 5.43. The molecule has 3 nitrogen and oxygen atoms in total. The highest BCUT2D eigenvalue weighted by atomic mass is 15.1. The van der Waals surface area contributed by atoms with Crippen molar-refractivity contribution in [2.75, 3.05) is 25.0 Å². The van der Waals surface area contributed by atoms with Crippen LogP contribution in [0.15, 0.2) is 18.3 Å². The van der Waals surface area contributed by atoms with Crippen molar-refractivity contribution in [1.82, 2.24) is 9.88 Å². The molecule has 2 rings (SSSR count). The average Bonchev–Trinajstić information content (AvgIpc) is 2.41. The Hall–Kier alpha value is -1.09. The Morgan fingerprint density at radius 2 is 2.21 bits per heavy atom. The highest BCUT2D eigenvalue weighted by Gasteiger charge is 2.22. The van der Waals surface area contributed by atoms with Crippen molar-refractivity contribution in [2.45, 2.75) is 40.2 Å². The van der Waals surface area contributed by atoms with E-state index in [1.807, 2.05) is 6.20 Å². The van der Waals surface area contributed by atoms with E-state index in [0.29, 0.717) is 0 Å². The van der Waals surface area contributed by atoms with Gasteiger partial charge in [-0.3, -0.25) is 9.88 Å². The molecule has 1 aromatic rings. The smallest absolute Gasteiger partial charge is 0.0564 e. The van der Waals surface area contributed by atoms with Gasteiger partial charge < -0.3 is 5.32 Å². The third-order valence-corrected chi connectivity index (χ3v) is 4.20. The summed E-state index contributed by atoms with van der Waals surface area (Å²) in [5.41, 5.74) is 2.38. The quantitative estimate of drug-likeness (QED) is 0.880. The van der Waals surface area contributed by atoms with Gasteiger partial charge in [-0.2, -0.15) is 0 Å². The molecular weight excluding hydrogens is 234 g/mol. The first-order valence-electron chi connectivity index (χ1n) is 7.60. The number of nitrogens with zero attached hydrogens (tertiary/aromatic N) is 2. The highest BCUT2D eigenvalue weighted by Crippen LogP contribution is 2.23. The van der Waals surface area contributed by atoms with Gasteiger partial charge in [-0.1, -0.05) is 20.8 Å². The van der Waals surface area contributed by atoms with E-state index in [1.165, 1.54) is 30.9 Å². The molecule has 2 atom stereocenters. The number of rotatable bonds is 5. The molecule has 1 aliphatic heterocycles. The fourth-order valence-electron chi connectivity index (χ4n) is 2.67. The number of anilines is 1. The Morgan fingerprint density at radius 3 is 2.95 bits per heavy atom. The molecule has 2 heterocycles. The zero-order chi connectivity index (χ0) is 13.7. The summed E-state index contributed by atoms with van der Waals surface area (Å²) >= 11 is 0. The summed E-state index contributed by atoms with van der Waals surface area (Å²) in [7, 11) is 0. The van der Waals surface area contributed by atoms with E-state index in [-0.39, 0.29) is 0 Å². The van der Waals surface area contributed by atoms with E-state index in [4.69, 9.17) is 0 Å². The van der Waals surface area contributed by atoms with Crippen LogP contribution in [0.4, 0.5) is 5.69 Å². The molecule has 0 spiro atoms. The standard InChI is InChI=1S/C16H27N3/c1-4-7-17-15-5-8-18-16(10-15)12-19-9-6-13(2)14(3)11-19/h5,8,10,13-14H,4,6-7,9,11-12H2,1-3H3,(H,17,18). The van der Waals surface area contributed by atoms with E-state index in [1.54, 1.807) is 0 Å². The Kier molecular flexibility index (Phi) is 5.20. The van der Waals surface area contributed by atoms with Gasteiger partial charge in [0.1, 0.15) is 0 Å². The summed E-state index contributed by atoms with van der Waals surface area (Å²) in [5.74, 6) is 1.66. The molecule has 0 saturated carbocycles. The summed E-state index contributed by atoms with van der Waals surface area (Å²) in [6.45, 7) is 11.3. The van der Waals surface area contributed by atoms with Crippen LogP contribution in [0.25, 0.3) is 0 Å². The van der Waals surface area contributed by atoms with Crippen LogP contribution in [0.5, 0.6) is 0 Å². The van der Waals surface area contributed by atoms with E-state index in [2.05, 4.69) is 48.1 Å². The second-order valence-electron chi connectivity index (χ2n) is 5.94. The van der Waals surface area contributed by atoms with Crippen LogP contribution in [0.2, 0.25) is 0 Å². The van der Waals surface area contributed by atoms with Gasteiger partial charge in [0.15, 0.2) is 0 Å². The van der Waals surface area contributed by atoms with E-state index in [9.17, 15) is 0 Å². The van der Waals surface area contributed by atoms with Crippen LogP contribution in [0.3, 0.4) is 0 Å². The maximum absolute atomic E-state index is 4.50. The van der Waals surface area contributed by atoms with Crippen molar-refractivity contribution < 1.29 is 0 Å². The monoisotopic (exact) mass is 261 g/mol. The molecule has 1 aromatic heterocycles. The van der Waals surface area contributed by atoms with Gasteiger partial charge in [-0.25, -0.2) is 0 Å². The van der Waals surface area contributed by atoms with Gasteiger partial charge in [0, 0.05) is 31.5 Å². The molecule has 0 radical (unpaired) electrons. The first-order chi connectivity index (χ1) is 9.19. The summed E-state index contributed by atoms with van der Waals surface area (Å²) in [6, 6.07) is 4.25. The normalized spacial score (nSPS) is 24.4. The number of aromatic nitrogens is 1. The van der Waals surface area contributed by atoms with Crippen molar-refractivity contribution in [1.29, 1.82) is 0 Å². The van der Waals surface area contributed by atoms with Crippen molar-refractivity contribution in [2.24, 2.45) is 11.8 Å². The molecule has 0 aliphatic carbocycles. The van der Waals surface area contributed by atoms with Gasteiger partial charge in [0.2, 0.25) is 0 Å². The van der Waals surface area contributed by atoms with Crippen LogP contribution in [0.1, 0.15) is 39.3 Å². The molecule has 2 unspecified atom stereocenters. The lowest BCUT2D eigenvalue weighted by molar-refractivity contribution is 0.131. The second-order valence-corrected chi connectivity index (χ2v) is 5.94. The summed E-state index contributed by atoms with van der Waals surface area (Å²) in [5, 5.41) is 3.43. The maximum Gasteiger partial charge on any atom is 0.0564 e. The van der Waals surface area contributed by atoms with Crippen molar-refractivity contribution in [3.63, 3.8) is 0 Å². The number of pyridine rings is 1. The van der Waals surface area contributed by atoms with Crippen LogP contribution in [-0.4, -0.2) is 29.5 Å². The minimum atomic E-state index is 0.801. The van der Waals surface area contributed by atoms with Gasteiger partial charge in [-0.05, 0) is 43.4 Å². The molecule has 19 heavy (non-hydrogen) atoms. The molecule has 1 fully saturated rings. The predicted molar refractivity (Wildman–Crippen MR) is 81.2 cm³/mol. The van der Waals surface area contributed by atoms with Crippen LogP contribution < -0.4 is 5.32 Å². The van der Waals surface area contributed by atoms with Gasteiger partial charge in [-0.15, -0.1) is 0 Å². The molecule has 1 saturated heterocycles. The largest absolute Gasteiger partial charge is 0.385 e. The van der Waals surface area contributed by atoms with E-state index < -0.39 is 0 Å². The van der Waals surface area contributed by atoms with Crippen molar-refractivity contribution in [3.05, 3.63) is 24.0 Å². The molecular formula is C16H27N3. The number of hydrogen-bond donors (Lipinski definition) is 1. The minimum absolute atomic E-state index is 0.801. The Morgan fingerprint density at radius 1 is 1.37 bits per heavy atom. The Labute approximate surface area is 117 Å². The fraction of sp³-hybridized carbons (Fsp3) is 0.688. The molecule has 3 heteroatoms. The third-order valence-electron chi connectivity index (χ3n) is 4.20. The SMILES string of the molecule is CCCNc1ccnc(CN2CCC(C)C(C)C2)c1. The molecule has 0 bridgehead atoms. The summed E-state index contributed by atoms with van der Waals surface area (Å²) in [6.07, 6.45) is 4.39. The molecule has 0 aromatic carbocycles. The molecule has 0 amide bonds. The topological polar surface area (TPSA) is 28.2 Å². The average molecular weight is 261 g/mol. The number of piperidine rings is 1. The van der Waals surface area contributed by atoms with Crippen LogP contribution in [0, 0.1) is 11.8 Å². The number of nitrogens with one attached hydrogen (secondary N) is 1. The first kappa shape index (κ1) is 14.3. The van der Waals surface area contributed by atoms with E-state index in [0.717, 1.165) is 31.3 Å². The van der Waals surface area contributed by atoms with Gasteiger partial charge in [0.25, 0.3) is 0 Å².